The van der Waals surface area contributed by atoms with Crippen molar-refractivity contribution in [3.8, 4) is 0 Å². The van der Waals surface area contributed by atoms with E-state index in [2.05, 4.69) is 5.32 Å². The van der Waals surface area contributed by atoms with Crippen molar-refractivity contribution in [1.82, 2.24) is 10.2 Å². The molecule has 0 aliphatic carbocycles. The summed E-state index contributed by atoms with van der Waals surface area (Å²) in [5.74, 6) is 0.513. The quantitative estimate of drug-likeness (QED) is 0.669. The molecule has 0 bridgehead atoms. The van der Waals surface area contributed by atoms with Crippen LogP contribution in [0.4, 0.5) is 0 Å². The highest BCUT2D eigenvalue weighted by molar-refractivity contribution is 5.85. The topological polar surface area (TPSA) is 58.4 Å². The molecule has 2 atom stereocenters. The summed E-state index contributed by atoms with van der Waals surface area (Å²) in [6.45, 7) is 3.53. The fraction of sp³-hybridized carbons (Fsp3) is 0.900. The van der Waals surface area contributed by atoms with Gasteiger partial charge in [-0.25, -0.2) is 0 Å². The number of hydrogen-bond acceptors (Lipinski definition) is 3. The number of amides is 1. The predicted octanol–water partition coefficient (Wildman–Crippen LogP) is -0.0326. The van der Waals surface area contributed by atoms with E-state index in [1.54, 1.807) is 0 Å². The Balaban J connectivity index is 0.00000112. The van der Waals surface area contributed by atoms with Crippen LogP contribution in [0.5, 0.6) is 0 Å². The van der Waals surface area contributed by atoms with Gasteiger partial charge in [0.15, 0.2) is 0 Å². The van der Waals surface area contributed by atoms with Gasteiger partial charge in [0.1, 0.15) is 0 Å². The highest BCUT2D eigenvalue weighted by Gasteiger charge is 2.29. The van der Waals surface area contributed by atoms with Gasteiger partial charge in [0.05, 0.1) is 5.92 Å². The lowest BCUT2D eigenvalue weighted by atomic mass is 9.98. The standard InChI is InChI=1S/C10H19N3O.ClH/c11-9-3-5-13(7-9)10(14)8-2-1-4-12-6-8;/h8-9,12H,1-7,11H2;1H/t8?,9-;/m1./s1. The summed E-state index contributed by atoms with van der Waals surface area (Å²) in [4.78, 5) is 13.9. The normalized spacial score (nSPS) is 31.1. The zero-order chi connectivity index (χ0) is 9.97. The number of likely N-dealkylation sites (tertiary alicyclic amines) is 1. The van der Waals surface area contributed by atoms with Gasteiger partial charge in [0.25, 0.3) is 0 Å². The van der Waals surface area contributed by atoms with Crippen LogP contribution in [0.1, 0.15) is 19.3 Å². The maximum absolute atomic E-state index is 12.0. The number of nitrogens with one attached hydrogen (secondary N) is 1. The van der Waals surface area contributed by atoms with Crippen molar-refractivity contribution in [3.63, 3.8) is 0 Å². The lowest BCUT2D eigenvalue weighted by Gasteiger charge is -2.26. The molecule has 0 radical (unpaired) electrons. The average Bonchev–Trinajstić information content (AvgIpc) is 2.65. The largest absolute Gasteiger partial charge is 0.341 e. The van der Waals surface area contributed by atoms with Crippen LogP contribution in [0.15, 0.2) is 0 Å². The minimum atomic E-state index is 0. The molecule has 15 heavy (non-hydrogen) atoms. The molecule has 2 aliphatic heterocycles. The summed E-state index contributed by atoms with van der Waals surface area (Å²) in [6, 6.07) is 0.204. The Morgan fingerprint density at radius 3 is 2.73 bits per heavy atom. The van der Waals surface area contributed by atoms with Crippen LogP contribution in [0.2, 0.25) is 0 Å². The minimum Gasteiger partial charge on any atom is -0.341 e. The Hall–Kier alpha value is -0.320. The third-order valence-corrected chi connectivity index (χ3v) is 3.18. The van der Waals surface area contributed by atoms with Crippen LogP contribution in [-0.2, 0) is 4.79 Å². The third-order valence-electron chi connectivity index (χ3n) is 3.18. The Bertz CT molecular complexity index is 212. The third kappa shape index (κ3) is 3.06. The molecule has 1 amide bonds. The SMILES string of the molecule is Cl.N[C@@H]1CCN(C(=O)C2CCCNC2)C1. The number of hydrogen-bond donors (Lipinski definition) is 2. The summed E-state index contributed by atoms with van der Waals surface area (Å²) >= 11 is 0. The number of rotatable bonds is 1. The molecule has 2 heterocycles. The van der Waals surface area contributed by atoms with Crippen LogP contribution in [0.3, 0.4) is 0 Å². The number of carbonyl (C=O) groups is 1. The van der Waals surface area contributed by atoms with E-state index in [-0.39, 0.29) is 24.4 Å². The van der Waals surface area contributed by atoms with Crippen molar-refractivity contribution >= 4 is 18.3 Å². The number of piperidine rings is 1. The zero-order valence-corrected chi connectivity index (χ0v) is 9.76. The molecule has 0 saturated carbocycles. The molecule has 2 fully saturated rings. The van der Waals surface area contributed by atoms with E-state index in [1.807, 2.05) is 4.90 Å². The van der Waals surface area contributed by atoms with Gasteiger partial charge >= 0.3 is 0 Å². The second kappa shape index (κ2) is 5.68. The Labute approximate surface area is 97.0 Å². The van der Waals surface area contributed by atoms with Gasteiger partial charge in [-0.1, -0.05) is 0 Å². The number of carbonyl (C=O) groups excluding carboxylic acids is 1. The van der Waals surface area contributed by atoms with E-state index in [9.17, 15) is 4.79 Å². The van der Waals surface area contributed by atoms with E-state index < -0.39 is 0 Å². The van der Waals surface area contributed by atoms with E-state index >= 15 is 0 Å². The molecule has 2 rings (SSSR count). The van der Waals surface area contributed by atoms with Crippen molar-refractivity contribution < 1.29 is 4.79 Å². The first-order valence-electron chi connectivity index (χ1n) is 5.52. The molecule has 2 aliphatic rings. The first-order valence-corrected chi connectivity index (χ1v) is 5.52. The number of nitrogens with zero attached hydrogens (tertiary/aromatic N) is 1. The molecule has 88 valence electrons. The summed E-state index contributed by atoms with van der Waals surface area (Å²) < 4.78 is 0. The number of nitrogens with two attached hydrogens (primary N) is 1. The molecule has 2 saturated heterocycles. The molecular formula is C10H20ClN3O. The van der Waals surface area contributed by atoms with Crippen molar-refractivity contribution in [1.29, 1.82) is 0 Å². The number of halogens is 1. The van der Waals surface area contributed by atoms with Crippen LogP contribution >= 0.6 is 12.4 Å². The molecule has 0 aromatic heterocycles. The molecular weight excluding hydrogens is 214 g/mol. The van der Waals surface area contributed by atoms with Gasteiger partial charge in [0, 0.05) is 25.7 Å². The fourth-order valence-electron chi connectivity index (χ4n) is 2.31. The summed E-state index contributed by atoms with van der Waals surface area (Å²) in [5.41, 5.74) is 5.78. The Morgan fingerprint density at radius 1 is 1.40 bits per heavy atom. The second-order valence-corrected chi connectivity index (χ2v) is 4.38. The van der Waals surface area contributed by atoms with Crippen molar-refractivity contribution in [2.45, 2.75) is 25.3 Å². The molecule has 0 aromatic carbocycles. The predicted molar refractivity (Wildman–Crippen MR) is 62.0 cm³/mol. The molecule has 5 heteroatoms. The first kappa shape index (κ1) is 12.7. The Kier molecular flexibility index (Phi) is 4.83. The highest BCUT2D eigenvalue weighted by atomic mass is 35.5. The maximum atomic E-state index is 12.0. The van der Waals surface area contributed by atoms with Gasteiger partial charge < -0.3 is 16.0 Å². The fourth-order valence-corrected chi connectivity index (χ4v) is 2.31. The molecule has 4 nitrogen and oxygen atoms in total. The molecule has 1 unspecified atom stereocenters. The summed E-state index contributed by atoms with van der Waals surface area (Å²) in [5, 5.41) is 3.27. The van der Waals surface area contributed by atoms with Crippen LogP contribution in [0, 0.1) is 5.92 Å². The molecule has 0 spiro atoms. The average molecular weight is 234 g/mol. The van der Waals surface area contributed by atoms with E-state index in [1.165, 1.54) is 0 Å². The first-order chi connectivity index (χ1) is 6.77. The van der Waals surface area contributed by atoms with E-state index in [0.717, 1.165) is 45.4 Å². The minimum absolute atomic E-state index is 0. The van der Waals surface area contributed by atoms with Gasteiger partial charge in [-0.05, 0) is 25.8 Å². The van der Waals surface area contributed by atoms with Gasteiger partial charge in [-0.15, -0.1) is 12.4 Å². The van der Waals surface area contributed by atoms with Crippen molar-refractivity contribution in [2.75, 3.05) is 26.2 Å². The van der Waals surface area contributed by atoms with Gasteiger partial charge in [-0.3, -0.25) is 4.79 Å². The Morgan fingerprint density at radius 2 is 2.20 bits per heavy atom. The van der Waals surface area contributed by atoms with Crippen LogP contribution in [0.25, 0.3) is 0 Å². The second-order valence-electron chi connectivity index (χ2n) is 4.38. The summed E-state index contributed by atoms with van der Waals surface area (Å²) in [7, 11) is 0. The zero-order valence-electron chi connectivity index (χ0n) is 8.95. The van der Waals surface area contributed by atoms with Gasteiger partial charge in [0.2, 0.25) is 5.91 Å². The highest BCUT2D eigenvalue weighted by Crippen LogP contribution is 2.16. The van der Waals surface area contributed by atoms with Crippen LogP contribution in [-0.4, -0.2) is 43.0 Å². The monoisotopic (exact) mass is 233 g/mol. The van der Waals surface area contributed by atoms with Crippen molar-refractivity contribution in [3.05, 3.63) is 0 Å². The molecule has 0 aromatic rings. The lowest BCUT2D eigenvalue weighted by Crippen LogP contribution is -2.42. The molecule has 3 N–H and O–H groups in total. The van der Waals surface area contributed by atoms with E-state index in [0.29, 0.717) is 5.91 Å². The smallest absolute Gasteiger partial charge is 0.227 e. The maximum Gasteiger partial charge on any atom is 0.227 e. The van der Waals surface area contributed by atoms with Gasteiger partial charge in [-0.2, -0.15) is 0 Å². The lowest BCUT2D eigenvalue weighted by molar-refractivity contribution is -0.135. The summed E-state index contributed by atoms with van der Waals surface area (Å²) in [6.07, 6.45) is 3.12. The van der Waals surface area contributed by atoms with Crippen molar-refractivity contribution in [2.24, 2.45) is 11.7 Å². The van der Waals surface area contributed by atoms with E-state index in [4.69, 9.17) is 5.73 Å². The van der Waals surface area contributed by atoms with Crippen LogP contribution < -0.4 is 11.1 Å².